The Bertz CT molecular complexity index is 1200. The highest BCUT2D eigenvalue weighted by molar-refractivity contribution is 6.10. The second-order valence-corrected chi connectivity index (χ2v) is 7.82. The molecule has 0 unspecified atom stereocenters. The summed E-state index contributed by atoms with van der Waals surface area (Å²) in [5, 5.41) is 4.21. The number of hydrogen-bond donors (Lipinski definition) is 1. The number of ether oxygens (including phenoxy) is 3. The Kier molecular flexibility index (Phi) is 5.79. The Morgan fingerprint density at radius 1 is 0.906 bits per heavy atom. The van der Waals surface area contributed by atoms with Crippen molar-refractivity contribution < 1.29 is 19.0 Å². The summed E-state index contributed by atoms with van der Waals surface area (Å²) in [7, 11) is 0. The molecule has 0 saturated carbocycles. The number of para-hydroxylation sites is 1. The van der Waals surface area contributed by atoms with Crippen LogP contribution in [0.4, 0.5) is 5.69 Å². The van der Waals surface area contributed by atoms with E-state index in [1.165, 1.54) is 0 Å². The minimum absolute atomic E-state index is 0.0688. The molecule has 2 aliphatic rings. The second kappa shape index (κ2) is 9.02. The summed E-state index contributed by atoms with van der Waals surface area (Å²) in [5.41, 5.74) is 0.915. The number of carbonyl (C=O) groups excluding carboxylic acids is 1. The maximum absolute atomic E-state index is 13.1. The van der Waals surface area contributed by atoms with Crippen LogP contribution < -0.4 is 20.3 Å². The van der Waals surface area contributed by atoms with Crippen LogP contribution in [0.1, 0.15) is 10.4 Å². The highest BCUT2D eigenvalue weighted by Gasteiger charge is 2.21. The lowest BCUT2D eigenvalue weighted by molar-refractivity contribution is 0.0363. The summed E-state index contributed by atoms with van der Waals surface area (Å²) in [6, 6.07) is 12.5. The number of aromatic nitrogens is 1. The van der Waals surface area contributed by atoms with Crippen molar-refractivity contribution in [3.8, 4) is 11.5 Å². The van der Waals surface area contributed by atoms with Crippen molar-refractivity contribution in [1.82, 2.24) is 9.47 Å². The molecule has 0 spiro atoms. The molecule has 1 fully saturated rings. The van der Waals surface area contributed by atoms with Crippen molar-refractivity contribution >= 4 is 22.4 Å². The fourth-order valence-electron chi connectivity index (χ4n) is 4.12. The number of carbonyl (C=O) groups is 1. The second-order valence-electron chi connectivity index (χ2n) is 7.82. The molecule has 0 atom stereocenters. The van der Waals surface area contributed by atoms with Crippen molar-refractivity contribution in [1.29, 1.82) is 0 Å². The van der Waals surface area contributed by atoms with E-state index in [2.05, 4.69) is 10.2 Å². The molecule has 1 amide bonds. The van der Waals surface area contributed by atoms with Crippen molar-refractivity contribution in [3.05, 3.63) is 64.6 Å². The van der Waals surface area contributed by atoms with E-state index in [0.29, 0.717) is 53.3 Å². The number of morpholine rings is 1. The van der Waals surface area contributed by atoms with Crippen LogP contribution >= 0.6 is 0 Å². The van der Waals surface area contributed by atoms with Gasteiger partial charge in [-0.15, -0.1) is 0 Å². The van der Waals surface area contributed by atoms with Crippen LogP contribution in [-0.4, -0.2) is 61.4 Å². The molecular weight excluding hydrogens is 410 g/mol. The Hall–Kier alpha value is -3.36. The van der Waals surface area contributed by atoms with E-state index in [1.807, 2.05) is 6.07 Å². The van der Waals surface area contributed by atoms with Gasteiger partial charge in [0, 0.05) is 48.8 Å². The Morgan fingerprint density at radius 3 is 2.59 bits per heavy atom. The largest absolute Gasteiger partial charge is 0.486 e. The van der Waals surface area contributed by atoms with E-state index in [1.54, 1.807) is 47.2 Å². The maximum atomic E-state index is 13.1. The SMILES string of the molecule is O=C(Nc1cccc2c(=O)n(CCN3CCOCC3)ccc12)c1cccc2c1OCCO2. The van der Waals surface area contributed by atoms with Crippen LogP contribution in [0.2, 0.25) is 0 Å². The summed E-state index contributed by atoms with van der Waals surface area (Å²) in [6.07, 6.45) is 1.79. The normalized spacial score (nSPS) is 16.1. The molecule has 2 aromatic carbocycles. The van der Waals surface area contributed by atoms with Crippen LogP contribution in [0, 0.1) is 0 Å². The third-order valence-corrected chi connectivity index (χ3v) is 5.84. The molecule has 8 nitrogen and oxygen atoms in total. The predicted molar refractivity (Wildman–Crippen MR) is 121 cm³/mol. The van der Waals surface area contributed by atoms with Gasteiger partial charge in [0.15, 0.2) is 11.5 Å². The number of hydrogen-bond acceptors (Lipinski definition) is 6. The van der Waals surface area contributed by atoms with Crippen LogP contribution in [0.25, 0.3) is 10.8 Å². The molecule has 166 valence electrons. The molecule has 5 rings (SSSR count). The van der Waals surface area contributed by atoms with E-state index in [4.69, 9.17) is 14.2 Å². The molecule has 0 radical (unpaired) electrons. The number of anilines is 1. The number of nitrogens with zero attached hydrogens (tertiary/aromatic N) is 2. The van der Waals surface area contributed by atoms with E-state index >= 15 is 0 Å². The van der Waals surface area contributed by atoms with Gasteiger partial charge in [-0.25, -0.2) is 0 Å². The van der Waals surface area contributed by atoms with Gasteiger partial charge in [0.25, 0.3) is 11.5 Å². The highest BCUT2D eigenvalue weighted by Crippen LogP contribution is 2.34. The quantitative estimate of drug-likeness (QED) is 0.663. The molecule has 0 bridgehead atoms. The summed E-state index contributed by atoms with van der Waals surface area (Å²) in [6.45, 7) is 5.50. The first kappa shape index (κ1) is 20.5. The standard InChI is InChI=1S/C24H25N3O5/c28-23(19-4-2-6-21-22(19)32-16-15-31-21)25-20-5-1-3-18-17(20)7-8-27(24(18)29)10-9-26-11-13-30-14-12-26/h1-8H,9-16H2,(H,25,28). The third-order valence-electron chi connectivity index (χ3n) is 5.84. The Balaban J connectivity index is 1.39. The fourth-order valence-corrected chi connectivity index (χ4v) is 4.12. The molecule has 1 aromatic heterocycles. The van der Waals surface area contributed by atoms with Gasteiger partial charge in [0.1, 0.15) is 13.2 Å². The number of fused-ring (bicyclic) bond motifs is 2. The van der Waals surface area contributed by atoms with Gasteiger partial charge >= 0.3 is 0 Å². The van der Waals surface area contributed by atoms with Gasteiger partial charge in [-0.2, -0.15) is 0 Å². The van der Waals surface area contributed by atoms with Crippen molar-refractivity contribution in [2.75, 3.05) is 51.4 Å². The zero-order valence-corrected chi connectivity index (χ0v) is 17.7. The van der Waals surface area contributed by atoms with E-state index in [9.17, 15) is 9.59 Å². The molecular formula is C24H25N3O5. The molecule has 8 heteroatoms. The van der Waals surface area contributed by atoms with Crippen molar-refractivity contribution in [2.24, 2.45) is 0 Å². The maximum Gasteiger partial charge on any atom is 0.259 e. The molecule has 3 aromatic rings. The van der Waals surface area contributed by atoms with Crippen molar-refractivity contribution in [2.45, 2.75) is 6.54 Å². The first-order valence-electron chi connectivity index (χ1n) is 10.8. The van der Waals surface area contributed by atoms with Gasteiger partial charge in [0.05, 0.1) is 18.8 Å². The zero-order valence-electron chi connectivity index (χ0n) is 17.7. The summed E-state index contributed by atoms with van der Waals surface area (Å²) < 4.78 is 18.3. The first-order chi connectivity index (χ1) is 15.7. The van der Waals surface area contributed by atoms with E-state index < -0.39 is 0 Å². The highest BCUT2D eigenvalue weighted by atomic mass is 16.6. The third kappa shape index (κ3) is 4.06. The van der Waals surface area contributed by atoms with Gasteiger partial charge in [0.2, 0.25) is 0 Å². The molecule has 3 heterocycles. The molecule has 2 aliphatic heterocycles. The first-order valence-corrected chi connectivity index (χ1v) is 10.8. The average Bonchev–Trinajstić information content (AvgIpc) is 2.84. The van der Waals surface area contributed by atoms with Crippen LogP contribution in [0.3, 0.4) is 0 Å². The van der Waals surface area contributed by atoms with Crippen LogP contribution in [0.5, 0.6) is 11.5 Å². The monoisotopic (exact) mass is 435 g/mol. The number of pyridine rings is 1. The predicted octanol–water partition coefficient (Wildman–Crippen LogP) is 2.36. The molecule has 0 aliphatic carbocycles. The van der Waals surface area contributed by atoms with Gasteiger partial charge in [-0.3, -0.25) is 14.5 Å². The van der Waals surface area contributed by atoms with Crippen LogP contribution in [0.15, 0.2) is 53.5 Å². The van der Waals surface area contributed by atoms with Crippen molar-refractivity contribution in [3.63, 3.8) is 0 Å². The fraction of sp³-hybridized carbons (Fsp3) is 0.333. The average molecular weight is 435 g/mol. The summed E-state index contributed by atoms with van der Waals surface area (Å²) >= 11 is 0. The minimum Gasteiger partial charge on any atom is -0.486 e. The molecule has 1 saturated heterocycles. The molecule has 1 N–H and O–H groups in total. The van der Waals surface area contributed by atoms with E-state index in [0.717, 1.165) is 32.8 Å². The lowest BCUT2D eigenvalue weighted by atomic mass is 10.1. The smallest absolute Gasteiger partial charge is 0.259 e. The Morgan fingerprint density at radius 2 is 1.72 bits per heavy atom. The van der Waals surface area contributed by atoms with Gasteiger partial charge in [-0.1, -0.05) is 12.1 Å². The van der Waals surface area contributed by atoms with Gasteiger partial charge in [-0.05, 0) is 30.3 Å². The summed E-state index contributed by atoms with van der Waals surface area (Å²) in [4.78, 5) is 28.4. The Labute approximate surface area is 185 Å². The number of rotatable bonds is 5. The lowest BCUT2D eigenvalue weighted by Gasteiger charge is -2.26. The molecule has 32 heavy (non-hydrogen) atoms. The van der Waals surface area contributed by atoms with E-state index in [-0.39, 0.29) is 11.5 Å². The lowest BCUT2D eigenvalue weighted by Crippen LogP contribution is -2.39. The number of nitrogens with one attached hydrogen (secondary N) is 1. The minimum atomic E-state index is -0.309. The van der Waals surface area contributed by atoms with Gasteiger partial charge < -0.3 is 24.1 Å². The number of benzene rings is 2. The topological polar surface area (TPSA) is 82.0 Å². The summed E-state index contributed by atoms with van der Waals surface area (Å²) in [5.74, 6) is 0.697. The zero-order chi connectivity index (χ0) is 21.9. The van der Waals surface area contributed by atoms with Crippen LogP contribution in [-0.2, 0) is 11.3 Å². The number of amides is 1.